The zero-order valence-corrected chi connectivity index (χ0v) is 37.1. The monoisotopic (exact) mass is 840 g/mol. The number of amides is 1. The molecule has 5 rings (SSSR count). The van der Waals surface area contributed by atoms with E-state index in [2.05, 4.69) is 12.2 Å². The van der Waals surface area contributed by atoms with Crippen LogP contribution < -0.4 is 5.32 Å². The van der Waals surface area contributed by atoms with E-state index in [1.54, 1.807) is 19.1 Å². The Morgan fingerprint density at radius 3 is 2.24 bits per heavy atom. The van der Waals surface area contributed by atoms with Gasteiger partial charge < -0.3 is 49.1 Å². The number of hydrogen-bond donors (Lipinski definition) is 4. The quantitative estimate of drug-likeness (QED) is 0.126. The highest BCUT2D eigenvalue weighted by molar-refractivity contribution is 5.84. The van der Waals surface area contributed by atoms with Crippen molar-refractivity contribution in [2.75, 3.05) is 13.3 Å². The molecule has 14 heteroatoms. The SMILES string of the molecule is CC[C@@H](C(=O)[C@@H](C)[C@@H](O)[C@H](C)[C@@H]1O[C@@H]([C@@H](CC)C(=O)O)CC[C@@H]1C)[C@H]1O[C@]2(C=CC(NC(=O)OCCF)[C@]3(CC[C@@](C)([C@H]4CC[C@](O)(CC)[C@H](C)O4)O3)O2)[C@H](C)C[C@@H]1C. The molecule has 13 nitrogen and oxygen atoms in total. The molecule has 5 heterocycles. The molecule has 1 amide bonds. The second-order valence-corrected chi connectivity index (χ2v) is 18.9. The van der Waals surface area contributed by atoms with Crippen LogP contribution in [0.25, 0.3) is 0 Å². The molecule has 5 aliphatic heterocycles. The van der Waals surface area contributed by atoms with E-state index in [4.69, 9.17) is 28.4 Å². The molecule has 4 fully saturated rings. The zero-order chi connectivity index (χ0) is 43.7. The predicted octanol–water partition coefficient (Wildman–Crippen LogP) is 6.89. The predicted molar refractivity (Wildman–Crippen MR) is 217 cm³/mol. The largest absolute Gasteiger partial charge is 0.481 e. The van der Waals surface area contributed by atoms with Crippen LogP contribution in [0.15, 0.2) is 12.2 Å². The summed E-state index contributed by atoms with van der Waals surface area (Å²) in [6.07, 6.45) is 4.91. The van der Waals surface area contributed by atoms with Gasteiger partial charge in [0, 0.05) is 30.1 Å². The van der Waals surface area contributed by atoms with Crippen molar-refractivity contribution in [2.24, 2.45) is 41.4 Å². The highest BCUT2D eigenvalue weighted by atomic mass is 19.1. The van der Waals surface area contributed by atoms with E-state index in [-0.39, 0.29) is 29.6 Å². The maximum absolute atomic E-state index is 14.6. The summed E-state index contributed by atoms with van der Waals surface area (Å²) >= 11 is 0. The van der Waals surface area contributed by atoms with Gasteiger partial charge in [0.1, 0.15) is 25.1 Å². The van der Waals surface area contributed by atoms with Crippen LogP contribution in [-0.4, -0.2) is 112 Å². The molecule has 0 bridgehead atoms. The van der Waals surface area contributed by atoms with Gasteiger partial charge in [-0.05, 0) is 89.5 Å². The van der Waals surface area contributed by atoms with Crippen LogP contribution in [0.3, 0.4) is 0 Å². The Morgan fingerprint density at radius 2 is 1.63 bits per heavy atom. The Morgan fingerprint density at radius 1 is 0.932 bits per heavy atom. The summed E-state index contributed by atoms with van der Waals surface area (Å²) in [5, 5.41) is 35.6. The second kappa shape index (κ2) is 19.0. The summed E-state index contributed by atoms with van der Waals surface area (Å²) < 4.78 is 52.1. The van der Waals surface area contributed by atoms with Crippen molar-refractivity contribution in [3.05, 3.63) is 12.2 Å². The van der Waals surface area contributed by atoms with Crippen LogP contribution in [0, 0.1) is 41.4 Å². The zero-order valence-electron chi connectivity index (χ0n) is 37.1. The molecule has 0 aliphatic carbocycles. The number of ether oxygens (including phenoxy) is 6. The molecule has 1 unspecified atom stereocenters. The minimum atomic E-state index is -1.45. The summed E-state index contributed by atoms with van der Waals surface area (Å²) in [5.74, 6) is -6.42. The molecule has 4 N–H and O–H groups in total. The van der Waals surface area contributed by atoms with E-state index in [9.17, 15) is 34.1 Å². The fraction of sp³-hybridized carbons (Fsp3) is 0.889. The van der Waals surface area contributed by atoms with E-state index >= 15 is 0 Å². The van der Waals surface area contributed by atoms with Gasteiger partial charge in [-0.3, -0.25) is 9.59 Å². The lowest BCUT2D eigenvalue weighted by Gasteiger charge is -2.55. The van der Waals surface area contributed by atoms with Gasteiger partial charge >= 0.3 is 12.1 Å². The normalized spacial score (nSPS) is 42.5. The number of aliphatic hydroxyl groups excluding tert-OH is 1. The smallest absolute Gasteiger partial charge is 0.407 e. The molecular weight excluding hydrogens is 765 g/mol. The molecule has 0 saturated carbocycles. The van der Waals surface area contributed by atoms with E-state index in [0.29, 0.717) is 57.8 Å². The number of carbonyl (C=O) groups is 3. The molecule has 4 saturated heterocycles. The van der Waals surface area contributed by atoms with Crippen molar-refractivity contribution in [3.8, 4) is 0 Å². The summed E-state index contributed by atoms with van der Waals surface area (Å²) in [6.45, 7) is 18.1. The van der Waals surface area contributed by atoms with E-state index in [1.165, 1.54) is 0 Å². The maximum Gasteiger partial charge on any atom is 0.407 e. The minimum Gasteiger partial charge on any atom is -0.481 e. The van der Waals surface area contributed by atoms with Gasteiger partial charge in [0.2, 0.25) is 0 Å². The number of alkyl carbamates (subject to hydrolysis) is 1. The fourth-order valence-electron chi connectivity index (χ4n) is 11.0. The van der Waals surface area contributed by atoms with Crippen LogP contribution in [0.2, 0.25) is 0 Å². The summed E-state index contributed by atoms with van der Waals surface area (Å²) in [7, 11) is 0. The molecule has 5 aliphatic rings. The second-order valence-electron chi connectivity index (χ2n) is 18.9. The first kappa shape index (κ1) is 47.8. The highest BCUT2D eigenvalue weighted by Crippen LogP contribution is 2.54. The Kier molecular flexibility index (Phi) is 15.4. The van der Waals surface area contributed by atoms with Crippen LogP contribution in [0.4, 0.5) is 9.18 Å². The lowest BCUT2D eigenvalue weighted by atomic mass is 9.72. The number of rotatable bonds is 15. The number of nitrogens with one attached hydrogen (secondary N) is 1. The molecule has 0 aromatic rings. The molecule has 18 atom stereocenters. The van der Waals surface area contributed by atoms with Gasteiger partial charge in [0.25, 0.3) is 0 Å². The van der Waals surface area contributed by atoms with E-state index in [0.717, 1.165) is 6.42 Å². The van der Waals surface area contributed by atoms with Crippen molar-refractivity contribution >= 4 is 17.8 Å². The first-order chi connectivity index (χ1) is 27.7. The Bertz CT molecular complexity index is 1500. The highest BCUT2D eigenvalue weighted by Gasteiger charge is 2.63. The molecule has 2 spiro atoms. The molecular formula is C45H74FNO12. The molecule has 0 aromatic heterocycles. The number of hydrogen-bond acceptors (Lipinski definition) is 11. The van der Waals surface area contributed by atoms with Gasteiger partial charge in [-0.25, -0.2) is 9.18 Å². The number of carboxylic acids is 1. The summed E-state index contributed by atoms with van der Waals surface area (Å²) in [6, 6.07) is -0.836. The van der Waals surface area contributed by atoms with Gasteiger partial charge in [-0.15, -0.1) is 0 Å². The average Bonchev–Trinajstić information content (AvgIpc) is 3.54. The molecule has 59 heavy (non-hydrogen) atoms. The number of aliphatic carboxylic acids is 1. The number of carbonyl (C=O) groups excluding carboxylic acids is 2. The van der Waals surface area contributed by atoms with Crippen molar-refractivity contribution < 1.29 is 62.5 Å². The van der Waals surface area contributed by atoms with Crippen LogP contribution in [-0.2, 0) is 38.0 Å². The van der Waals surface area contributed by atoms with Crippen LogP contribution >= 0.6 is 0 Å². The lowest BCUT2D eigenvalue weighted by Crippen LogP contribution is -2.65. The minimum absolute atomic E-state index is 0.0561. The molecule has 338 valence electrons. The number of Topliss-reactive ketones (excluding diaryl/α,β-unsaturated/α-hetero) is 1. The maximum atomic E-state index is 14.6. The number of ketones is 1. The van der Waals surface area contributed by atoms with Crippen LogP contribution in [0.1, 0.15) is 133 Å². The number of aliphatic hydroxyl groups is 2. The molecule has 0 aromatic carbocycles. The molecule has 0 radical (unpaired) electrons. The van der Waals surface area contributed by atoms with Crippen LogP contribution in [0.5, 0.6) is 0 Å². The number of carboxylic acid groups (broad SMARTS) is 1. The van der Waals surface area contributed by atoms with Gasteiger partial charge in [-0.1, -0.05) is 61.5 Å². The Labute approximate surface area is 350 Å². The fourth-order valence-corrected chi connectivity index (χ4v) is 11.0. The third-order valence-corrected chi connectivity index (χ3v) is 15.1. The first-order valence-corrected chi connectivity index (χ1v) is 22.5. The average molecular weight is 840 g/mol. The topological polar surface area (TPSA) is 179 Å². The number of alkyl halides is 1. The third kappa shape index (κ3) is 9.59. The Hall–Kier alpha value is -2.20. The third-order valence-electron chi connectivity index (χ3n) is 15.1. The first-order valence-electron chi connectivity index (χ1n) is 22.5. The van der Waals surface area contributed by atoms with Gasteiger partial charge in [-0.2, -0.15) is 0 Å². The standard InChI is InChI=1S/C45H74FNO12/c1-11-31(40(50)51)33-15-14-25(4)38(56-33)29(8)36(48)28(7)37(49)32(12-2)39-26(5)24-27(6)44(57-39)19-16-34(47-41(52)54-23-22-46)45(59-44)21-20-42(10,58-45)35-17-18-43(53,13-3)30(9)55-35/h16,19,25-36,38-39,48,53H,11-15,17-18,20-24H2,1-10H3,(H,47,52)(H,50,51)/t25-,26-,27+,28-,29-,30-,31+,32-,33+,34?,35+,36+,38+,39-,42-,43+,44-,45-/m0/s1. The lowest BCUT2D eigenvalue weighted by molar-refractivity contribution is -0.398. The van der Waals surface area contributed by atoms with E-state index in [1.807, 2.05) is 55.4 Å². The van der Waals surface area contributed by atoms with Crippen molar-refractivity contribution in [3.63, 3.8) is 0 Å². The van der Waals surface area contributed by atoms with Gasteiger partial charge in [0.15, 0.2) is 11.6 Å². The van der Waals surface area contributed by atoms with E-state index < -0.39 is 108 Å². The van der Waals surface area contributed by atoms with Crippen molar-refractivity contribution in [1.82, 2.24) is 5.32 Å². The van der Waals surface area contributed by atoms with Crippen molar-refractivity contribution in [2.45, 2.75) is 199 Å². The summed E-state index contributed by atoms with van der Waals surface area (Å²) in [4.78, 5) is 39.5. The van der Waals surface area contributed by atoms with Crippen molar-refractivity contribution in [1.29, 1.82) is 0 Å². The number of halogens is 1. The Balaban J connectivity index is 1.38. The summed E-state index contributed by atoms with van der Waals surface area (Å²) in [5.41, 5.74) is -1.80. The van der Waals surface area contributed by atoms with Gasteiger partial charge in [0.05, 0.1) is 53.7 Å².